The van der Waals surface area contributed by atoms with E-state index in [1.165, 1.54) is 11.3 Å². The maximum atomic E-state index is 5.99. The van der Waals surface area contributed by atoms with Crippen LogP contribution in [-0.2, 0) is 0 Å². The predicted octanol–water partition coefficient (Wildman–Crippen LogP) is 2.78. The zero-order chi connectivity index (χ0) is 11.7. The number of nitrogens with one attached hydrogen (secondary N) is 1. The van der Waals surface area contributed by atoms with Gasteiger partial charge >= 0.3 is 0 Å². The van der Waals surface area contributed by atoms with Crippen LogP contribution in [0.5, 0.6) is 0 Å². The highest BCUT2D eigenvalue weighted by molar-refractivity contribution is 7.19. The lowest BCUT2D eigenvalue weighted by molar-refractivity contribution is 1.27. The van der Waals surface area contributed by atoms with Crippen LogP contribution in [0.2, 0.25) is 0 Å². The van der Waals surface area contributed by atoms with Crippen LogP contribution in [0.15, 0.2) is 42.7 Å². The van der Waals surface area contributed by atoms with Crippen LogP contribution in [-0.4, -0.2) is 15.0 Å². The molecule has 5 heteroatoms. The Morgan fingerprint density at radius 2 is 2.00 bits per heavy atom. The van der Waals surface area contributed by atoms with Crippen LogP contribution >= 0.6 is 11.3 Å². The maximum Gasteiger partial charge on any atom is 0.166 e. The second-order valence-electron chi connectivity index (χ2n) is 3.54. The topological polar surface area (TPSA) is 67.6 Å². The zero-order valence-electron chi connectivity index (χ0n) is 8.92. The summed E-state index contributed by atoms with van der Waals surface area (Å²) in [6.07, 6.45) is 3.48. The number of aromatic nitrogens is 3. The highest BCUT2D eigenvalue weighted by Gasteiger charge is 2.12. The third kappa shape index (κ3) is 1.81. The molecule has 0 aliphatic carbocycles. The Kier molecular flexibility index (Phi) is 2.38. The van der Waals surface area contributed by atoms with E-state index in [-0.39, 0.29) is 0 Å². The molecule has 0 aliphatic rings. The highest BCUT2D eigenvalue weighted by atomic mass is 32.1. The molecule has 0 bridgehead atoms. The monoisotopic (exact) mass is 242 g/mol. The van der Waals surface area contributed by atoms with Gasteiger partial charge in [-0.25, -0.2) is 9.97 Å². The molecule has 0 unspecified atom stereocenters. The van der Waals surface area contributed by atoms with Gasteiger partial charge in [-0.1, -0.05) is 41.7 Å². The first-order valence-corrected chi connectivity index (χ1v) is 5.98. The molecular weight excluding hydrogens is 232 g/mol. The molecule has 84 valence electrons. The summed E-state index contributed by atoms with van der Waals surface area (Å²) in [5.74, 6) is 0.754. The quantitative estimate of drug-likeness (QED) is 0.726. The molecule has 17 heavy (non-hydrogen) atoms. The van der Waals surface area contributed by atoms with Crippen molar-refractivity contribution in [3.8, 4) is 22.1 Å². The van der Waals surface area contributed by atoms with Crippen molar-refractivity contribution in [3.05, 3.63) is 42.7 Å². The van der Waals surface area contributed by atoms with E-state index in [9.17, 15) is 0 Å². The van der Waals surface area contributed by atoms with Gasteiger partial charge in [0.05, 0.1) is 0 Å². The van der Waals surface area contributed by atoms with Gasteiger partial charge in [0.15, 0.2) is 10.8 Å². The van der Waals surface area contributed by atoms with Crippen molar-refractivity contribution in [3.63, 3.8) is 0 Å². The van der Waals surface area contributed by atoms with Crippen LogP contribution in [0, 0.1) is 0 Å². The first-order valence-electron chi connectivity index (χ1n) is 5.16. The summed E-state index contributed by atoms with van der Waals surface area (Å²) in [7, 11) is 0. The molecule has 0 spiro atoms. The summed E-state index contributed by atoms with van der Waals surface area (Å²) in [4.78, 5) is 11.7. The average Bonchev–Trinajstić information content (AvgIpc) is 2.99. The number of aromatic amines is 1. The van der Waals surface area contributed by atoms with E-state index in [1.54, 1.807) is 12.4 Å². The van der Waals surface area contributed by atoms with E-state index in [0.29, 0.717) is 5.00 Å². The van der Waals surface area contributed by atoms with Gasteiger partial charge < -0.3 is 10.7 Å². The van der Waals surface area contributed by atoms with E-state index in [2.05, 4.69) is 15.0 Å². The van der Waals surface area contributed by atoms with Crippen LogP contribution in [0.1, 0.15) is 0 Å². The van der Waals surface area contributed by atoms with Gasteiger partial charge in [0.2, 0.25) is 0 Å². The fourth-order valence-electron chi connectivity index (χ4n) is 1.62. The fraction of sp³-hybridized carbons (Fsp3) is 0. The van der Waals surface area contributed by atoms with Crippen molar-refractivity contribution in [2.45, 2.75) is 0 Å². The molecule has 0 radical (unpaired) electrons. The molecule has 0 amide bonds. The van der Waals surface area contributed by atoms with Crippen molar-refractivity contribution < 1.29 is 0 Å². The predicted molar refractivity (Wildman–Crippen MR) is 69.5 cm³/mol. The van der Waals surface area contributed by atoms with Crippen LogP contribution in [0.25, 0.3) is 22.1 Å². The van der Waals surface area contributed by atoms with Crippen molar-refractivity contribution in [2.75, 3.05) is 5.73 Å². The molecule has 0 atom stereocenters. The number of nitrogen functional groups attached to an aromatic ring is 1. The zero-order valence-corrected chi connectivity index (χ0v) is 9.74. The Morgan fingerprint density at radius 1 is 1.18 bits per heavy atom. The van der Waals surface area contributed by atoms with E-state index in [4.69, 9.17) is 5.73 Å². The Labute approximate surface area is 102 Å². The van der Waals surface area contributed by atoms with Crippen LogP contribution in [0.4, 0.5) is 5.00 Å². The Balaban J connectivity index is 2.08. The van der Waals surface area contributed by atoms with Crippen LogP contribution in [0.3, 0.4) is 0 Å². The summed E-state index contributed by atoms with van der Waals surface area (Å²) in [6.45, 7) is 0. The highest BCUT2D eigenvalue weighted by Crippen LogP contribution is 2.34. The molecule has 3 aromatic rings. The third-order valence-corrected chi connectivity index (χ3v) is 3.29. The lowest BCUT2D eigenvalue weighted by atomic mass is 10.2. The molecule has 0 saturated heterocycles. The number of imidazole rings is 1. The minimum absolute atomic E-state index is 0.711. The lowest BCUT2D eigenvalue weighted by Crippen LogP contribution is -1.85. The number of nitrogens with zero attached hydrogens (tertiary/aromatic N) is 2. The molecule has 1 aromatic carbocycles. The van der Waals surface area contributed by atoms with E-state index in [1.807, 2.05) is 30.3 Å². The molecule has 0 aliphatic heterocycles. The van der Waals surface area contributed by atoms with Gasteiger partial charge in [-0.05, 0) is 0 Å². The molecular formula is C12H10N4S. The fourth-order valence-corrected chi connectivity index (χ4v) is 2.43. The minimum Gasteiger partial charge on any atom is -0.389 e. The van der Waals surface area contributed by atoms with E-state index >= 15 is 0 Å². The number of H-pyrrole nitrogens is 1. The average molecular weight is 242 g/mol. The first kappa shape index (κ1) is 10.0. The number of rotatable bonds is 2. The molecule has 2 aromatic heterocycles. The summed E-state index contributed by atoms with van der Waals surface area (Å²) >= 11 is 1.44. The van der Waals surface area contributed by atoms with E-state index in [0.717, 1.165) is 22.1 Å². The number of hydrogen-bond acceptors (Lipinski definition) is 4. The Hall–Kier alpha value is -2.14. The summed E-state index contributed by atoms with van der Waals surface area (Å²) < 4.78 is 0. The normalized spacial score (nSPS) is 10.6. The van der Waals surface area contributed by atoms with Gasteiger partial charge in [0.25, 0.3) is 0 Å². The van der Waals surface area contributed by atoms with Gasteiger partial charge in [-0.2, -0.15) is 0 Å². The molecule has 3 rings (SSSR count). The van der Waals surface area contributed by atoms with Gasteiger partial charge in [0.1, 0.15) is 10.7 Å². The SMILES string of the molecule is Nc1sc(-c2ncc[nH]2)nc1-c1ccccc1. The molecule has 3 N–H and O–H groups in total. The first-order chi connectivity index (χ1) is 8.34. The van der Waals surface area contributed by atoms with Crippen molar-refractivity contribution in [1.82, 2.24) is 15.0 Å². The van der Waals surface area contributed by atoms with Gasteiger partial charge in [-0.3, -0.25) is 0 Å². The maximum absolute atomic E-state index is 5.99. The smallest absolute Gasteiger partial charge is 0.166 e. The molecule has 0 saturated carbocycles. The Bertz CT molecular complexity index is 613. The standard InChI is InChI=1S/C12H10N4S/c13-10-9(8-4-2-1-3-5-8)16-12(17-10)11-14-6-7-15-11/h1-7H,13H2,(H,14,15). The number of nitrogens with two attached hydrogens (primary N) is 1. The van der Waals surface area contributed by atoms with Crippen molar-refractivity contribution in [1.29, 1.82) is 0 Å². The molecule has 0 fully saturated rings. The van der Waals surface area contributed by atoms with E-state index < -0.39 is 0 Å². The second-order valence-corrected chi connectivity index (χ2v) is 4.57. The minimum atomic E-state index is 0.711. The number of anilines is 1. The summed E-state index contributed by atoms with van der Waals surface area (Å²) in [6, 6.07) is 9.91. The molecule has 2 heterocycles. The Morgan fingerprint density at radius 3 is 2.71 bits per heavy atom. The second kappa shape index (κ2) is 4.03. The number of thiazole rings is 1. The number of benzene rings is 1. The molecule has 4 nitrogen and oxygen atoms in total. The van der Waals surface area contributed by atoms with Gasteiger partial charge in [-0.15, -0.1) is 0 Å². The lowest BCUT2D eigenvalue weighted by Gasteiger charge is -1.96. The summed E-state index contributed by atoms with van der Waals surface area (Å²) in [5.41, 5.74) is 7.84. The third-order valence-electron chi connectivity index (χ3n) is 2.40. The largest absolute Gasteiger partial charge is 0.389 e. The number of hydrogen-bond donors (Lipinski definition) is 2. The van der Waals surface area contributed by atoms with Crippen molar-refractivity contribution in [2.24, 2.45) is 0 Å². The van der Waals surface area contributed by atoms with Crippen LogP contribution < -0.4 is 5.73 Å². The summed E-state index contributed by atoms with van der Waals surface area (Å²) in [5, 5.41) is 1.52. The van der Waals surface area contributed by atoms with Crippen molar-refractivity contribution >= 4 is 16.3 Å². The van der Waals surface area contributed by atoms with Gasteiger partial charge in [0, 0.05) is 18.0 Å².